The monoisotopic (exact) mass is 317 g/mol. The summed E-state index contributed by atoms with van der Waals surface area (Å²) in [5.41, 5.74) is 2.89. The highest BCUT2D eigenvalue weighted by atomic mass is 79.9. The molecule has 1 aromatic heterocycles. The predicted molar refractivity (Wildman–Crippen MR) is 70.9 cm³/mol. The van der Waals surface area contributed by atoms with Crippen molar-refractivity contribution in [2.45, 2.75) is 13.5 Å². The first-order chi connectivity index (χ1) is 7.61. The van der Waals surface area contributed by atoms with Crippen LogP contribution in [0.5, 0.6) is 0 Å². The molecule has 0 saturated heterocycles. The summed E-state index contributed by atoms with van der Waals surface area (Å²) < 4.78 is 1.48. The van der Waals surface area contributed by atoms with E-state index in [9.17, 15) is 5.11 Å². The van der Waals surface area contributed by atoms with Crippen molar-refractivity contribution in [2.24, 2.45) is 0 Å². The van der Waals surface area contributed by atoms with Crippen LogP contribution >= 0.6 is 38.9 Å². The Bertz CT molecular complexity index is 527. The molecule has 0 spiro atoms. The van der Waals surface area contributed by atoms with Gasteiger partial charge in [-0.3, -0.25) is 0 Å². The number of benzene rings is 1. The summed E-state index contributed by atoms with van der Waals surface area (Å²) in [6.45, 7) is 1.99. The molecule has 1 N–H and O–H groups in total. The Morgan fingerprint density at radius 2 is 2.25 bits per heavy atom. The molecule has 2 rings (SSSR count). The fourth-order valence-corrected chi connectivity index (χ4v) is 2.80. The molecule has 0 aliphatic carbocycles. The van der Waals surface area contributed by atoms with E-state index < -0.39 is 0 Å². The van der Waals surface area contributed by atoms with E-state index in [0.29, 0.717) is 4.47 Å². The zero-order chi connectivity index (χ0) is 11.7. The summed E-state index contributed by atoms with van der Waals surface area (Å²) >= 11 is 10.6. The summed E-state index contributed by atoms with van der Waals surface area (Å²) in [5, 5.41) is 9.22. The van der Waals surface area contributed by atoms with Gasteiger partial charge in [0.2, 0.25) is 0 Å². The van der Waals surface area contributed by atoms with Crippen molar-refractivity contribution in [3.8, 4) is 11.3 Å². The molecule has 0 bridgehead atoms. The lowest BCUT2D eigenvalue weighted by Crippen LogP contribution is -1.86. The first-order valence-corrected chi connectivity index (χ1v) is 6.63. The summed E-state index contributed by atoms with van der Waals surface area (Å²) in [6.07, 6.45) is 0. The van der Waals surface area contributed by atoms with Gasteiger partial charge in [-0.25, -0.2) is 4.98 Å². The third kappa shape index (κ3) is 2.30. The van der Waals surface area contributed by atoms with Crippen molar-refractivity contribution in [1.29, 1.82) is 0 Å². The minimum absolute atomic E-state index is 0.0365. The van der Waals surface area contributed by atoms with Gasteiger partial charge in [0.25, 0.3) is 0 Å². The molecule has 0 unspecified atom stereocenters. The molecular formula is C11H9BrClNOS. The number of rotatable bonds is 2. The molecule has 2 aromatic rings. The van der Waals surface area contributed by atoms with Crippen LogP contribution < -0.4 is 0 Å². The molecule has 1 heterocycles. The van der Waals surface area contributed by atoms with Gasteiger partial charge in [0, 0.05) is 10.0 Å². The maximum absolute atomic E-state index is 9.22. The van der Waals surface area contributed by atoms with Gasteiger partial charge < -0.3 is 5.11 Å². The van der Waals surface area contributed by atoms with Crippen LogP contribution in [-0.2, 0) is 6.61 Å². The van der Waals surface area contributed by atoms with Gasteiger partial charge in [0.05, 0.1) is 17.2 Å². The van der Waals surface area contributed by atoms with Crippen LogP contribution in [0.1, 0.15) is 10.4 Å². The molecule has 0 aliphatic heterocycles. The van der Waals surface area contributed by atoms with E-state index in [0.717, 1.165) is 26.2 Å². The highest BCUT2D eigenvalue weighted by molar-refractivity contribution is 9.10. The second-order valence-corrected chi connectivity index (χ2v) is 5.88. The first-order valence-electron chi connectivity index (χ1n) is 4.64. The van der Waals surface area contributed by atoms with E-state index >= 15 is 0 Å². The zero-order valence-corrected chi connectivity index (χ0v) is 11.7. The Hall–Kier alpha value is -0.420. The summed E-state index contributed by atoms with van der Waals surface area (Å²) in [6, 6.07) is 5.97. The van der Waals surface area contributed by atoms with E-state index in [2.05, 4.69) is 20.9 Å². The van der Waals surface area contributed by atoms with E-state index in [1.165, 1.54) is 11.3 Å². The molecule has 0 amide bonds. The smallest absolute Gasteiger partial charge is 0.184 e. The molecular weight excluding hydrogens is 310 g/mol. The van der Waals surface area contributed by atoms with Gasteiger partial charge in [0.1, 0.15) is 0 Å². The highest BCUT2D eigenvalue weighted by Crippen LogP contribution is 2.32. The average Bonchev–Trinajstić information content (AvgIpc) is 2.63. The molecule has 0 radical (unpaired) electrons. The summed E-state index contributed by atoms with van der Waals surface area (Å²) in [5.74, 6) is 0. The number of aromatic nitrogens is 1. The lowest BCUT2D eigenvalue weighted by molar-refractivity contribution is 0.286. The standard InChI is InChI=1S/C11H9BrClNOS/c1-6-2-3-7(4-8(6)12)10-9(5-15)16-11(13)14-10/h2-4,15H,5H2,1H3. The quantitative estimate of drug-likeness (QED) is 0.907. The molecule has 0 fully saturated rings. The number of aliphatic hydroxyl groups excluding tert-OH is 1. The average molecular weight is 319 g/mol. The van der Waals surface area contributed by atoms with Crippen molar-refractivity contribution in [2.75, 3.05) is 0 Å². The normalized spacial score (nSPS) is 10.8. The van der Waals surface area contributed by atoms with Crippen molar-refractivity contribution in [1.82, 2.24) is 4.98 Å². The van der Waals surface area contributed by atoms with E-state index in [4.69, 9.17) is 11.6 Å². The van der Waals surface area contributed by atoms with Gasteiger partial charge in [-0.05, 0) is 18.6 Å². The fourth-order valence-electron chi connectivity index (χ4n) is 1.40. The maximum atomic E-state index is 9.22. The predicted octanol–water partition coefficient (Wildman–Crippen LogP) is 4.03. The van der Waals surface area contributed by atoms with Crippen LogP contribution in [0.15, 0.2) is 22.7 Å². The molecule has 0 atom stereocenters. The number of nitrogens with zero attached hydrogens (tertiary/aromatic N) is 1. The summed E-state index contributed by atoms with van der Waals surface area (Å²) in [7, 11) is 0. The Balaban J connectivity index is 2.53. The number of hydrogen-bond donors (Lipinski definition) is 1. The molecule has 2 nitrogen and oxygen atoms in total. The zero-order valence-electron chi connectivity index (χ0n) is 8.50. The molecule has 1 aromatic carbocycles. The number of aliphatic hydroxyl groups is 1. The Kier molecular flexibility index (Phi) is 3.64. The number of halogens is 2. The Morgan fingerprint density at radius 3 is 2.88 bits per heavy atom. The molecule has 0 saturated carbocycles. The van der Waals surface area contributed by atoms with Crippen LogP contribution in [0.3, 0.4) is 0 Å². The van der Waals surface area contributed by atoms with Crippen molar-refractivity contribution < 1.29 is 5.11 Å². The molecule has 16 heavy (non-hydrogen) atoms. The minimum atomic E-state index is -0.0365. The van der Waals surface area contributed by atoms with Crippen LogP contribution in [-0.4, -0.2) is 10.1 Å². The number of thiazole rings is 1. The van der Waals surface area contributed by atoms with Crippen molar-refractivity contribution in [3.05, 3.63) is 37.6 Å². The Morgan fingerprint density at radius 1 is 1.50 bits per heavy atom. The van der Waals surface area contributed by atoms with Crippen molar-refractivity contribution >= 4 is 38.9 Å². The fraction of sp³-hybridized carbons (Fsp3) is 0.182. The van der Waals surface area contributed by atoms with Crippen molar-refractivity contribution in [3.63, 3.8) is 0 Å². The van der Waals surface area contributed by atoms with E-state index in [1.807, 2.05) is 25.1 Å². The lowest BCUT2D eigenvalue weighted by atomic mass is 10.1. The Labute approximate surface area is 111 Å². The SMILES string of the molecule is Cc1ccc(-c2nc(Cl)sc2CO)cc1Br. The number of aryl methyl sites for hydroxylation is 1. The lowest BCUT2D eigenvalue weighted by Gasteiger charge is -2.03. The maximum Gasteiger partial charge on any atom is 0.184 e. The van der Waals surface area contributed by atoms with Gasteiger partial charge in [-0.1, -0.05) is 39.7 Å². The van der Waals surface area contributed by atoms with Gasteiger partial charge >= 0.3 is 0 Å². The van der Waals surface area contributed by atoms with E-state index in [1.54, 1.807) is 0 Å². The van der Waals surface area contributed by atoms with Gasteiger partial charge in [-0.2, -0.15) is 0 Å². The minimum Gasteiger partial charge on any atom is -0.391 e. The second-order valence-electron chi connectivity index (χ2n) is 3.36. The third-order valence-corrected chi connectivity index (χ3v) is 4.26. The largest absolute Gasteiger partial charge is 0.391 e. The van der Waals surface area contributed by atoms with Gasteiger partial charge in [0.15, 0.2) is 4.47 Å². The molecule has 0 aliphatic rings. The topological polar surface area (TPSA) is 33.1 Å². The second kappa shape index (κ2) is 4.84. The van der Waals surface area contributed by atoms with Crippen LogP contribution in [0.2, 0.25) is 4.47 Å². The summed E-state index contributed by atoms with van der Waals surface area (Å²) in [4.78, 5) is 5.02. The molecule has 84 valence electrons. The van der Waals surface area contributed by atoms with Crippen LogP contribution in [0.25, 0.3) is 11.3 Å². The van der Waals surface area contributed by atoms with Crippen LogP contribution in [0.4, 0.5) is 0 Å². The highest BCUT2D eigenvalue weighted by Gasteiger charge is 2.11. The van der Waals surface area contributed by atoms with Gasteiger partial charge in [-0.15, -0.1) is 11.3 Å². The first kappa shape index (κ1) is 12.0. The van der Waals surface area contributed by atoms with Crippen LogP contribution in [0, 0.1) is 6.92 Å². The third-order valence-electron chi connectivity index (χ3n) is 2.26. The van der Waals surface area contributed by atoms with E-state index in [-0.39, 0.29) is 6.61 Å². The molecule has 5 heteroatoms. The number of hydrogen-bond acceptors (Lipinski definition) is 3.